The molecule has 0 aliphatic rings. The Balaban J connectivity index is 1.69. The van der Waals surface area contributed by atoms with Gasteiger partial charge in [-0.3, -0.25) is 0 Å². The molecule has 0 heterocycles. The van der Waals surface area contributed by atoms with Crippen LogP contribution in [-0.4, -0.2) is 62.1 Å². The predicted molar refractivity (Wildman–Crippen MR) is 187 cm³/mol. The highest BCUT2D eigenvalue weighted by atomic mass is 79.9. The van der Waals surface area contributed by atoms with Crippen molar-refractivity contribution in [3.8, 4) is 23.0 Å². The molecular weight excluding hydrogens is 1070 g/mol. The Labute approximate surface area is 343 Å². The fourth-order valence-electron chi connectivity index (χ4n) is 4.77. The number of ether oxygens (including phenoxy) is 2. The van der Waals surface area contributed by atoms with E-state index in [-0.39, 0.29) is 24.3 Å². The molecule has 24 heteroatoms. The first kappa shape index (κ1) is 45.3. The number of hydrogen-bond donors (Lipinski definition) is 4. The summed E-state index contributed by atoms with van der Waals surface area (Å²) < 4.78 is 160. The summed E-state index contributed by atoms with van der Waals surface area (Å²) in [7, 11) is 0. The number of carboxylic acid groups (broad SMARTS) is 4. The zero-order valence-corrected chi connectivity index (χ0v) is 33.1. The Morgan fingerprint density at radius 2 is 0.684 bits per heavy atom. The Morgan fingerprint density at radius 1 is 0.421 bits per heavy atom. The van der Waals surface area contributed by atoms with E-state index in [1.54, 1.807) is 0 Å². The molecule has 0 bridgehead atoms. The van der Waals surface area contributed by atoms with Crippen molar-refractivity contribution in [1.82, 2.24) is 0 Å². The lowest BCUT2D eigenvalue weighted by Gasteiger charge is -2.39. The zero-order chi connectivity index (χ0) is 43.4. The summed E-state index contributed by atoms with van der Waals surface area (Å²) in [6, 6.07) is 4.63. The summed E-state index contributed by atoms with van der Waals surface area (Å²) in [5.74, 6) is -43.9. The number of carboxylic acids is 4. The van der Waals surface area contributed by atoms with Crippen molar-refractivity contribution in [1.29, 1.82) is 0 Å². The van der Waals surface area contributed by atoms with Crippen molar-refractivity contribution in [2.45, 2.75) is 29.6 Å². The lowest BCUT2D eigenvalue weighted by Crippen LogP contribution is -2.65. The fourth-order valence-corrected chi connectivity index (χ4v) is 7.46. The number of carbonyl (C=O) groups is 4. The first-order valence-electron chi connectivity index (χ1n) is 14.5. The lowest BCUT2D eigenvalue weighted by molar-refractivity contribution is -0.407. The summed E-state index contributed by atoms with van der Waals surface area (Å²) in [5.41, 5.74) is -7.34. The highest BCUT2D eigenvalue weighted by Crippen LogP contribution is 2.62. The van der Waals surface area contributed by atoms with Crippen molar-refractivity contribution < 1.29 is 93.0 Å². The van der Waals surface area contributed by atoms with E-state index in [4.69, 9.17) is 19.7 Å². The molecule has 0 fully saturated rings. The van der Waals surface area contributed by atoms with E-state index in [0.717, 1.165) is 24.3 Å². The van der Waals surface area contributed by atoms with Gasteiger partial charge in [-0.15, -0.1) is 0 Å². The molecule has 10 nitrogen and oxygen atoms in total. The van der Waals surface area contributed by atoms with Crippen LogP contribution < -0.4 is 9.47 Å². The largest absolute Gasteiger partial charge is 0.478 e. The third-order valence-corrected chi connectivity index (χ3v) is 10.00. The molecule has 57 heavy (non-hydrogen) atoms. The standard InChI is InChI=1S/C33H14Br4F10O10/c34-19-5-11(6-20(35)23(19)56-13-1-3-15(25(48)49)17(9-13)27(52)53)29(38,39)31(42,43)33(46,47)32(44,45)30(40,41)12-7-21(36)24(22(37)8-12)57-14-2-4-16(26(50)51)18(10-14)28(54)55/h1-10H,(H,48,49)(H,50,51)(H,52,53)(H,54,55). The summed E-state index contributed by atoms with van der Waals surface area (Å²) in [6.45, 7) is 0. The van der Waals surface area contributed by atoms with E-state index >= 15 is 43.9 Å². The Bertz CT molecular complexity index is 2140. The van der Waals surface area contributed by atoms with Gasteiger partial charge in [0, 0.05) is 11.1 Å². The van der Waals surface area contributed by atoms with Gasteiger partial charge in [0.2, 0.25) is 0 Å². The third-order valence-electron chi connectivity index (χ3n) is 7.64. The summed E-state index contributed by atoms with van der Waals surface area (Å²) >= 11 is 10.6. The first-order valence-corrected chi connectivity index (χ1v) is 17.6. The number of hydrogen-bond acceptors (Lipinski definition) is 6. The average molecular weight is 1080 g/mol. The van der Waals surface area contributed by atoms with Crippen LogP contribution in [0.3, 0.4) is 0 Å². The topological polar surface area (TPSA) is 168 Å². The van der Waals surface area contributed by atoms with Crippen LogP contribution in [0.1, 0.15) is 52.6 Å². The van der Waals surface area contributed by atoms with Gasteiger partial charge in [0.25, 0.3) is 0 Å². The second-order valence-electron chi connectivity index (χ2n) is 11.2. The zero-order valence-electron chi connectivity index (χ0n) is 26.8. The summed E-state index contributed by atoms with van der Waals surface area (Å²) in [6.07, 6.45) is 0. The minimum absolute atomic E-state index is 0.00826. The molecule has 4 aromatic rings. The molecule has 4 aromatic carbocycles. The van der Waals surface area contributed by atoms with Crippen LogP contribution >= 0.6 is 63.7 Å². The predicted octanol–water partition coefficient (Wildman–Crippen LogP) is 11.9. The normalized spacial score (nSPS) is 12.6. The number of aromatic carboxylic acids is 4. The average Bonchev–Trinajstić information content (AvgIpc) is 3.10. The second kappa shape index (κ2) is 15.7. The van der Waals surface area contributed by atoms with Gasteiger partial charge in [-0.1, -0.05) is 0 Å². The van der Waals surface area contributed by atoms with Gasteiger partial charge in [-0.05, 0) is 124 Å². The highest BCUT2D eigenvalue weighted by molar-refractivity contribution is 9.11. The Hall–Kier alpha value is -4.42. The molecule has 0 aromatic heterocycles. The van der Waals surface area contributed by atoms with Gasteiger partial charge in [0.05, 0.1) is 40.1 Å². The van der Waals surface area contributed by atoms with Crippen LogP contribution in [0, 0.1) is 0 Å². The Kier molecular flexibility index (Phi) is 12.5. The van der Waals surface area contributed by atoms with Gasteiger partial charge >= 0.3 is 53.5 Å². The molecule has 0 saturated carbocycles. The second-order valence-corrected chi connectivity index (χ2v) is 14.7. The van der Waals surface area contributed by atoms with Crippen LogP contribution in [0.5, 0.6) is 23.0 Å². The van der Waals surface area contributed by atoms with E-state index in [9.17, 15) is 29.4 Å². The van der Waals surface area contributed by atoms with Crippen LogP contribution in [0.25, 0.3) is 0 Å². The van der Waals surface area contributed by atoms with E-state index in [1.807, 2.05) is 0 Å². The quantitative estimate of drug-likeness (QED) is 0.0892. The maximum absolute atomic E-state index is 15.4. The summed E-state index contributed by atoms with van der Waals surface area (Å²) in [5, 5.41) is 36.9. The molecule has 0 saturated heterocycles. The molecule has 4 rings (SSSR count). The van der Waals surface area contributed by atoms with Crippen LogP contribution in [0.4, 0.5) is 43.9 Å². The van der Waals surface area contributed by atoms with Gasteiger partial charge in [-0.25, -0.2) is 19.2 Å². The molecule has 0 amide bonds. The summed E-state index contributed by atoms with van der Waals surface area (Å²) in [4.78, 5) is 45.5. The minimum Gasteiger partial charge on any atom is -0.478 e. The Morgan fingerprint density at radius 3 is 0.930 bits per heavy atom. The van der Waals surface area contributed by atoms with E-state index < -0.39 is 128 Å². The first-order chi connectivity index (χ1) is 26.0. The van der Waals surface area contributed by atoms with Gasteiger partial charge < -0.3 is 29.9 Å². The van der Waals surface area contributed by atoms with Gasteiger partial charge in [0.1, 0.15) is 11.5 Å². The smallest absolute Gasteiger partial charge is 0.385 e. The van der Waals surface area contributed by atoms with Gasteiger partial charge in [-0.2, -0.15) is 43.9 Å². The maximum atomic E-state index is 15.4. The third kappa shape index (κ3) is 8.04. The van der Waals surface area contributed by atoms with Crippen LogP contribution in [0.15, 0.2) is 78.6 Å². The van der Waals surface area contributed by atoms with Crippen molar-refractivity contribution in [2.75, 3.05) is 0 Å². The SMILES string of the molecule is O=C(O)c1ccc(Oc2c(Br)cc(C(F)(F)C(F)(F)C(F)(F)C(F)(F)C(F)(F)c3cc(Br)c(Oc4ccc(C(=O)O)c(C(=O)O)c4)c(Br)c3)cc2Br)cc1C(=O)O. The molecule has 0 spiro atoms. The number of rotatable bonds is 14. The van der Waals surface area contributed by atoms with Crippen molar-refractivity contribution in [3.05, 3.63) is 112 Å². The van der Waals surface area contributed by atoms with Gasteiger partial charge in [0.15, 0.2) is 11.5 Å². The molecular formula is C33H14Br4F10O10. The molecule has 4 N–H and O–H groups in total. The van der Waals surface area contributed by atoms with E-state index in [0.29, 0.717) is 12.1 Å². The number of benzene rings is 4. The fraction of sp³-hybridized carbons (Fsp3) is 0.152. The highest BCUT2D eigenvalue weighted by Gasteiger charge is 2.86. The van der Waals surface area contributed by atoms with E-state index in [2.05, 4.69) is 63.7 Å². The molecule has 0 aliphatic carbocycles. The van der Waals surface area contributed by atoms with E-state index in [1.165, 1.54) is 0 Å². The molecule has 0 unspecified atom stereocenters. The molecule has 0 atom stereocenters. The molecule has 0 radical (unpaired) electrons. The van der Waals surface area contributed by atoms with Crippen molar-refractivity contribution in [3.63, 3.8) is 0 Å². The number of halogens is 14. The number of alkyl halides is 10. The maximum Gasteiger partial charge on any atom is 0.385 e. The molecule has 0 aliphatic heterocycles. The van der Waals surface area contributed by atoms with Crippen molar-refractivity contribution in [2.24, 2.45) is 0 Å². The van der Waals surface area contributed by atoms with Crippen molar-refractivity contribution >= 4 is 87.6 Å². The van der Waals surface area contributed by atoms with Crippen LogP contribution in [-0.2, 0) is 11.8 Å². The molecule has 304 valence electrons. The lowest BCUT2D eigenvalue weighted by atomic mass is 9.88. The minimum atomic E-state index is -7.55. The monoisotopic (exact) mass is 1080 g/mol. The van der Waals surface area contributed by atoms with Crippen LogP contribution in [0.2, 0.25) is 0 Å².